The molecule has 0 heterocycles. The van der Waals surface area contributed by atoms with Gasteiger partial charge in [-0.1, -0.05) is 25.1 Å². The van der Waals surface area contributed by atoms with E-state index in [2.05, 4.69) is 5.32 Å². The van der Waals surface area contributed by atoms with Gasteiger partial charge in [0.2, 0.25) is 5.91 Å². The fourth-order valence-electron chi connectivity index (χ4n) is 1.38. The van der Waals surface area contributed by atoms with Gasteiger partial charge in [0.05, 0.1) is 6.61 Å². The number of hydrogen-bond donors (Lipinski definition) is 1. The van der Waals surface area contributed by atoms with Crippen LogP contribution in [0.25, 0.3) is 6.08 Å². The van der Waals surface area contributed by atoms with E-state index in [9.17, 15) is 4.79 Å². The molecule has 92 valence electrons. The van der Waals surface area contributed by atoms with Crippen LogP contribution in [0.5, 0.6) is 5.75 Å². The van der Waals surface area contributed by atoms with Gasteiger partial charge in [-0.25, -0.2) is 0 Å². The first-order valence-corrected chi connectivity index (χ1v) is 5.95. The minimum atomic E-state index is -0.0712. The standard InChI is InChI=1S/C14H19NO2/c1-3-11-15-14(16)10-9-12-7-5-6-8-13(12)17-4-2/h5-10H,3-4,11H2,1-2H3,(H,15,16). The van der Waals surface area contributed by atoms with Crippen LogP contribution in [0.4, 0.5) is 0 Å². The van der Waals surface area contributed by atoms with Gasteiger partial charge in [-0.15, -0.1) is 0 Å². The third-order valence-electron chi connectivity index (χ3n) is 2.18. The highest BCUT2D eigenvalue weighted by Crippen LogP contribution is 2.19. The molecule has 3 nitrogen and oxygen atoms in total. The maximum absolute atomic E-state index is 11.4. The molecule has 0 fully saturated rings. The third-order valence-corrected chi connectivity index (χ3v) is 2.18. The SMILES string of the molecule is CCCNC(=O)C=Cc1ccccc1OCC. The maximum Gasteiger partial charge on any atom is 0.244 e. The van der Waals surface area contributed by atoms with Crippen LogP contribution >= 0.6 is 0 Å². The van der Waals surface area contributed by atoms with Crippen molar-refractivity contribution >= 4 is 12.0 Å². The van der Waals surface area contributed by atoms with Crippen LogP contribution in [-0.2, 0) is 4.79 Å². The number of para-hydroxylation sites is 1. The van der Waals surface area contributed by atoms with E-state index in [4.69, 9.17) is 4.74 Å². The number of rotatable bonds is 6. The molecule has 1 aromatic carbocycles. The smallest absolute Gasteiger partial charge is 0.244 e. The monoisotopic (exact) mass is 233 g/mol. The molecule has 0 unspecified atom stereocenters. The largest absolute Gasteiger partial charge is 0.493 e. The van der Waals surface area contributed by atoms with Gasteiger partial charge in [0.1, 0.15) is 5.75 Å². The van der Waals surface area contributed by atoms with Gasteiger partial charge in [-0.3, -0.25) is 4.79 Å². The molecule has 0 aliphatic rings. The molecular weight excluding hydrogens is 214 g/mol. The number of carbonyl (C=O) groups excluding carboxylic acids is 1. The second kappa shape index (κ2) is 7.49. The Balaban J connectivity index is 2.66. The molecule has 0 saturated heterocycles. The molecule has 0 spiro atoms. The average molecular weight is 233 g/mol. The Hall–Kier alpha value is -1.77. The fraction of sp³-hybridized carbons (Fsp3) is 0.357. The third kappa shape index (κ3) is 4.72. The van der Waals surface area contributed by atoms with E-state index in [1.165, 1.54) is 6.08 Å². The predicted octanol–water partition coefficient (Wildman–Crippen LogP) is 2.62. The molecule has 0 bridgehead atoms. The quantitative estimate of drug-likeness (QED) is 0.767. The Bertz CT molecular complexity index is 386. The predicted molar refractivity (Wildman–Crippen MR) is 69.9 cm³/mol. The molecule has 1 aromatic rings. The number of nitrogens with one attached hydrogen (secondary N) is 1. The summed E-state index contributed by atoms with van der Waals surface area (Å²) in [6.45, 7) is 5.28. The van der Waals surface area contributed by atoms with Crippen molar-refractivity contribution in [3.05, 3.63) is 35.9 Å². The summed E-state index contributed by atoms with van der Waals surface area (Å²) in [6.07, 6.45) is 4.25. The first-order valence-electron chi connectivity index (χ1n) is 5.95. The van der Waals surface area contributed by atoms with Crippen molar-refractivity contribution in [1.29, 1.82) is 0 Å². The minimum Gasteiger partial charge on any atom is -0.493 e. The van der Waals surface area contributed by atoms with Crippen molar-refractivity contribution in [1.82, 2.24) is 5.32 Å². The molecule has 0 atom stereocenters. The Morgan fingerprint density at radius 3 is 2.82 bits per heavy atom. The van der Waals surface area contributed by atoms with Crippen molar-refractivity contribution in [3.63, 3.8) is 0 Å². The van der Waals surface area contributed by atoms with Crippen LogP contribution < -0.4 is 10.1 Å². The summed E-state index contributed by atoms with van der Waals surface area (Å²) in [7, 11) is 0. The summed E-state index contributed by atoms with van der Waals surface area (Å²) in [5.74, 6) is 0.729. The molecular formula is C14H19NO2. The Kier molecular flexibility index (Phi) is 5.86. The summed E-state index contributed by atoms with van der Waals surface area (Å²) < 4.78 is 5.47. The second-order valence-corrected chi connectivity index (χ2v) is 3.60. The van der Waals surface area contributed by atoms with E-state index >= 15 is 0 Å². The van der Waals surface area contributed by atoms with Gasteiger partial charge < -0.3 is 10.1 Å². The molecule has 3 heteroatoms. The van der Waals surface area contributed by atoms with Gasteiger partial charge >= 0.3 is 0 Å². The van der Waals surface area contributed by atoms with Gasteiger partial charge in [0.15, 0.2) is 0 Å². The van der Waals surface area contributed by atoms with Gasteiger partial charge in [-0.05, 0) is 25.5 Å². The first kappa shape index (κ1) is 13.3. The molecule has 1 N–H and O–H groups in total. The van der Waals surface area contributed by atoms with Crippen LogP contribution in [0, 0.1) is 0 Å². The number of ether oxygens (including phenoxy) is 1. The van der Waals surface area contributed by atoms with Gasteiger partial charge in [0.25, 0.3) is 0 Å². The van der Waals surface area contributed by atoms with E-state index in [1.807, 2.05) is 38.1 Å². The number of benzene rings is 1. The Morgan fingerprint density at radius 1 is 1.35 bits per heavy atom. The Labute approximate surface area is 102 Å². The van der Waals surface area contributed by atoms with Crippen LogP contribution in [0.1, 0.15) is 25.8 Å². The molecule has 0 aliphatic carbocycles. The Morgan fingerprint density at radius 2 is 2.12 bits per heavy atom. The zero-order valence-electron chi connectivity index (χ0n) is 10.4. The van der Waals surface area contributed by atoms with Crippen molar-refractivity contribution < 1.29 is 9.53 Å². The van der Waals surface area contributed by atoms with E-state index in [1.54, 1.807) is 6.08 Å². The molecule has 0 saturated carbocycles. The van der Waals surface area contributed by atoms with Gasteiger partial charge in [0, 0.05) is 18.2 Å². The fourth-order valence-corrected chi connectivity index (χ4v) is 1.38. The normalized spacial score (nSPS) is 10.5. The van der Waals surface area contributed by atoms with E-state index < -0.39 is 0 Å². The molecule has 17 heavy (non-hydrogen) atoms. The zero-order valence-corrected chi connectivity index (χ0v) is 10.4. The lowest BCUT2D eigenvalue weighted by Crippen LogP contribution is -2.21. The molecule has 1 amide bonds. The lowest BCUT2D eigenvalue weighted by atomic mass is 10.2. The highest BCUT2D eigenvalue weighted by Gasteiger charge is 1.99. The van der Waals surface area contributed by atoms with Crippen LogP contribution in [0.15, 0.2) is 30.3 Å². The van der Waals surface area contributed by atoms with Gasteiger partial charge in [-0.2, -0.15) is 0 Å². The van der Waals surface area contributed by atoms with Crippen molar-refractivity contribution in [2.75, 3.05) is 13.2 Å². The maximum atomic E-state index is 11.4. The summed E-state index contributed by atoms with van der Waals surface area (Å²) in [6, 6.07) is 7.66. The highest BCUT2D eigenvalue weighted by molar-refractivity contribution is 5.92. The number of hydrogen-bond acceptors (Lipinski definition) is 2. The highest BCUT2D eigenvalue weighted by atomic mass is 16.5. The first-order chi connectivity index (χ1) is 8.27. The van der Waals surface area contributed by atoms with Crippen molar-refractivity contribution in [2.24, 2.45) is 0 Å². The minimum absolute atomic E-state index is 0.0712. The van der Waals surface area contributed by atoms with Crippen molar-refractivity contribution in [2.45, 2.75) is 20.3 Å². The molecule has 0 aromatic heterocycles. The zero-order chi connectivity index (χ0) is 12.5. The topological polar surface area (TPSA) is 38.3 Å². The molecule has 0 radical (unpaired) electrons. The molecule has 0 aliphatic heterocycles. The van der Waals surface area contributed by atoms with Crippen molar-refractivity contribution in [3.8, 4) is 5.75 Å². The average Bonchev–Trinajstić information content (AvgIpc) is 2.35. The van der Waals surface area contributed by atoms with E-state index in [0.29, 0.717) is 13.2 Å². The van der Waals surface area contributed by atoms with Crippen LogP contribution in [-0.4, -0.2) is 19.1 Å². The summed E-state index contributed by atoms with van der Waals surface area (Å²) in [4.78, 5) is 11.4. The van der Waals surface area contributed by atoms with E-state index in [0.717, 1.165) is 17.7 Å². The lowest BCUT2D eigenvalue weighted by Gasteiger charge is -2.06. The molecule has 1 rings (SSSR count). The summed E-state index contributed by atoms with van der Waals surface area (Å²) >= 11 is 0. The lowest BCUT2D eigenvalue weighted by molar-refractivity contribution is -0.116. The van der Waals surface area contributed by atoms with Crippen LogP contribution in [0.2, 0.25) is 0 Å². The summed E-state index contributed by atoms with van der Waals surface area (Å²) in [5, 5.41) is 2.79. The van der Waals surface area contributed by atoms with Crippen LogP contribution in [0.3, 0.4) is 0 Å². The second-order valence-electron chi connectivity index (χ2n) is 3.60. The summed E-state index contributed by atoms with van der Waals surface area (Å²) in [5.41, 5.74) is 0.918. The number of amides is 1. The number of carbonyl (C=O) groups is 1. The van der Waals surface area contributed by atoms with E-state index in [-0.39, 0.29) is 5.91 Å².